The van der Waals surface area contributed by atoms with Crippen molar-refractivity contribution in [2.45, 2.75) is 36.3 Å². The number of hydrogen-bond donors (Lipinski definition) is 0. The van der Waals surface area contributed by atoms with Crippen LogP contribution in [-0.2, 0) is 4.79 Å². The van der Waals surface area contributed by atoms with Crippen LogP contribution in [0.4, 0.5) is 5.69 Å². The Morgan fingerprint density at radius 2 is 1.86 bits per heavy atom. The number of benzene rings is 2. The fourth-order valence-corrected chi connectivity index (χ4v) is 5.12. The Kier molecular flexibility index (Phi) is 5.59. The summed E-state index contributed by atoms with van der Waals surface area (Å²) in [6.45, 7) is 4.18. The van der Waals surface area contributed by atoms with Crippen LogP contribution in [-0.4, -0.2) is 21.9 Å². The van der Waals surface area contributed by atoms with Gasteiger partial charge in [-0.1, -0.05) is 73.1 Å². The van der Waals surface area contributed by atoms with Crippen LogP contribution in [0.25, 0.3) is 11.3 Å². The van der Waals surface area contributed by atoms with Crippen molar-refractivity contribution < 1.29 is 4.79 Å². The molecular weight excluding hydrogens is 386 g/mol. The topological polar surface area (TPSA) is 45.6 Å². The summed E-state index contributed by atoms with van der Waals surface area (Å²) in [4.78, 5) is 17.8. The van der Waals surface area contributed by atoms with Gasteiger partial charge < -0.3 is 0 Å². The molecule has 2 heterocycles. The number of carbonyl (C=O) groups excluding carboxylic acids is 1. The largest absolute Gasteiger partial charge is 0.271 e. The van der Waals surface area contributed by atoms with E-state index in [1.807, 2.05) is 30.3 Å². The first-order valence-electron chi connectivity index (χ1n) is 9.31. The number of nitrogens with zero attached hydrogens (tertiary/aromatic N) is 3. The van der Waals surface area contributed by atoms with Gasteiger partial charge in [0.25, 0.3) is 5.91 Å². The molecule has 0 saturated carbocycles. The third-order valence-corrected chi connectivity index (χ3v) is 6.73. The van der Waals surface area contributed by atoms with Crippen LogP contribution < -0.4 is 5.01 Å². The minimum Gasteiger partial charge on any atom is -0.271 e. The molecule has 6 heteroatoms. The standard InChI is InChI=1S/C22H21N3OS2/c1-3-7-18-20(21(26)25(24-18)17-8-5-4-6-9-17)28-22-23-19(14-27-22)16-12-10-15(2)11-13-16/h4-6,8-14,20H,3,7H2,1-2H3/t20-/m1/s1. The zero-order valence-corrected chi connectivity index (χ0v) is 17.5. The Morgan fingerprint density at radius 1 is 1.11 bits per heavy atom. The monoisotopic (exact) mass is 407 g/mol. The Hall–Kier alpha value is -2.44. The second kappa shape index (κ2) is 8.29. The molecule has 4 nitrogen and oxygen atoms in total. The lowest BCUT2D eigenvalue weighted by Gasteiger charge is -2.13. The lowest BCUT2D eigenvalue weighted by molar-refractivity contribution is -0.116. The van der Waals surface area contributed by atoms with Gasteiger partial charge in [-0.05, 0) is 25.5 Å². The van der Waals surface area contributed by atoms with Crippen LogP contribution in [0.3, 0.4) is 0 Å². The molecule has 4 rings (SSSR count). The van der Waals surface area contributed by atoms with Gasteiger partial charge in [0.1, 0.15) is 5.25 Å². The van der Waals surface area contributed by atoms with Crippen LogP contribution in [0.2, 0.25) is 0 Å². The highest BCUT2D eigenvalue weighted by molar-refractivity contribution is 8.03. The van der Waals surface area contributed by atoms with Gasteiger partial charge in [0.2, 0.25) is 0 Å². The molecular formula is C22H21N3OS2. The van der Waals surface area contributed by atoms with E-state index in [9.17, 15) is 4.79 Å². The smallest absolute Gasteiger partial charge is 0.266 e. The molecule has 3 aromatic rings. The lowest BCUT2D eigenvalue weighted by Crippen LogP contribution is -2.29. The molecule has 1 amide bonds. The highest BCUT2D eigenvalue weighted by atomic mass is 32.2. The maximum absolute atomic E-state index is 13.1. The number of rotatable bonds is 6. The normalized spacial score (nSPS) is 16.5. The molecule has 0 radical (unpaired) electrons. The van der Waals surface area contributed by atoms with E-state index in [0.29, 0.717) is 0 Å². The number of thioether (sulfide) groups is 1. The number of hydrazone groups is 1. The third-order valence-electron chi connectivity index (χ3n) is 4.52. The fraction of sp³-hybridized carbons (Fsp3) is 0.227. The van der Waals surface area contributed by atoms with Crippen LogP contribution in [0.5, 0.6) is 0 Å². The number of hydrogen-bond acceptors (Lipinski definition) is 5. The van der Waals surface area contributed by atoms with Crippen molar-refractivity contribution in [2.75, 3.05) is 5.01 Å². The number of carbonyl (C=O) groups is 1. The Morgan fingerprint density at radius 3 is 2.57 bits per heavy atom. The third kappa shape index (κ3) is 3.88. The summed E-state index contributed by atoms with van der Waals surface area (Å²) < 4.78 is 0.896. The number of thiazole rings is 1. The quantitative estimate of drug-likeness (QED) is 0.520. The second-order valence-electron chi connectivity index (χ2n) is 6.69. The van der Waals surface area contributed by atoms with Gasteiger partial charge in [0, 0.05) is 10.9 Å². The number of para-hydroxylation sites is 1. The van der Waals surface area contributed by atoms with Gasteiger partial charge in [-0.15, -0.1) is 11.3 Å². The SMILES string of the molecule is CCCC1=NN(c2ccccc2)C(=O)[C@@H]1Sc1nc(-c2ccc(C)cc2)cs1. The van der Waals surface area contributed by atoms with Gasteiger partial charge in [-0.2, -0.15) is 10.1 Å². The lowest BCUT2D eigenvalue weighted by atomic mass is 10.1. The molecule has 1 aliphatic heterocycles. The van der Waals surface area contributed by atoms with Crippen molar-refractivity contribution in [2.24, 2.45) is 5.10 Å². The molecule has 0 aliphatic carbocycles. The number of anilines is 1. The average molecular weight is 408 g/mol. The van der Waals surface area contributed by atoms with E-state index in [1.54, 1.807) is 11.3 Å². The fourth-order valence-electron chi connectivity index (χ4n) is 3.06. The molecule has 2 aromatic carbocycles. The summed E-state index contributed by atoms with van der Waals surface area (Å²) in [6.07, 6.45) is 1.77. The Labute approximate surface area is 173 Å². The van der Waals surface area contributed by atoms with E-state index in [1.165, 1.54) is 22.3 Å². The van der Waals surface area contributed by atoms with Crippen molar-refractivity contribution in [3.05, 3.63) is 65.5 Å². The summed E-state index contributed by atoms with van der Waals surface area (Å²) in [7, 11) is 0. The highest BCUT2D eigenvalue weighted by Crippen LogP contribution is 2.36. The molecule has 0 fully saturated rings. The second-order valence-corrected chi connectivity index (χ2v) is 8.90. The van der Waals surface area contributed by atoms with Crippen LogP contribution in [0.15, 0.2) is 69.4 Å². The van der Waals surface area contributed by atoms with Gasteiger partial charge in [-0.25, -0.2) is 4.98 Å². The van der Waals surface area contributed by atoms with E-state index in [2.05, 4.69) is 48.6 Å². The predicted molar refractivity (Wildman–Crippen MR) is 118 cm³/mol. The van der Waals surface area contributed by atoms with E-state index in [0.717, 1.165) is 39.8 Å². The highest BCUT2D eigenvalue weighted by Gasteiger charge is 2.37. The molecule has 1 aromatic heterocycles. The van der Waals surface area contributed by atoms with Crippen molar-refractivity contribution in [1.29, 1.82) is 0 Å². The molecule has 142 valence electrons. The van der Waals surface area contributed by atoms with Crippen molar-refractivity contribution in [3.8, 4) is 11.3 Å². The Balaban J connectivity index is 1.56. The van der Waals surface area contributed by atoms with Gasteiger partial charge in [-0.3, -0.25) is 4.79 Å². The maximum atomic E-state index is 13.1. The van der Waals surface area contributed by atoms with Crippen molar-refractivity contribution in [3.63, 3.8) is 0 Å². The zero-order chi connectivity index (χ0) is 19.5. The van der Waals surface area contributed by atoms with Crippen molar-refractivity contribution >= 4 is 40.4 Å². The van der Waals surface area contributed by atoms with Gasteiger partial charge >= 0.3 is 0 Å². The molecule has 0 saturated heterocycles. The van der Waals surface area contributed by atoms with Gasteiger partial charge in [0.15, 0.2) is 4.34 Å². The van der Waals surface area contributed by atoms with Crippen molar-refractivity contribution in [1.82, 2.24) is 4.98 Å². The molecule has 0 N–H and O–H groups in total. The molecule has 1 atom stereocenters. The number of amides is 1. The summed E-state index contributed by atoms with van der Waals surface area (Å²) in [6, 6.07) is 18.0. The van der Waals surface area contributed by atoms with Crippen LogP contribution >= 0.6 is 23.1 Å². The Bertz CT molecular complexity index is 996. The van der Waals surface area contributed by atoms with E-state index >= 15 is 0 Å². The number of aromatic nitrogens is 1. The van der Waals surface area contributed by atoms with Crippen LogP contribution in [0.1, 0.15) is 25.3 Å². The van der Waals surface area contributed by atoms with E-state index in [-0.39, 0.29) is 11.2 Å². The minimum absolute atomic E-state index is 0.00624. The first kappa shape index (κ1) is 18.9. The van der Waals surface area contributed by atoms with E-state index < -0.39 is 0 Å². The summed E-state index contributed by atoms with van der Waals surface area (Å²) in [5.74, 6) is 0.00624. The minimum atomic E-state index is -0.308. The molecule has 1 aliphatic rings. The molecule has 28 heavy (non-hydrogen) atoms. The first-order valence-corrected chi connectivity index (χ1v) is 11.1. The zero-order valence-electron chi connectivity index (χ0n) is 15.8. The van der Waals surface area contributed by atoms with Gasteiger partial charge in [0.05, 0.1) is 17.1 Å². The first-order chi connectivity index (χ1) is 13.7. The molecule has 0 bridgehead atoms. The van der Waals surface area contributed by atoms with E-state index in [4.69, 9.17) is 4.98 Å². The number of aryl methyl sites for hydroxylation is 1. The predicted octanol–water partition coefficient (Wildman–Crippen LogP) is 5.78. The molecule has 0 unspecified atom stereocenters. The van der Waals surface area contributed by atoms with Crippen LogP contribution in [0, 0.1) is 6.92 Å². The molecule has 0 spiro atoms. The maximum Gasteiger partial charge on any atom is 0.266 e. The summed E-state index contributed by atoms with van der Waals surface area (Å²) in [5.41, 5.74) is 5.01. The summed E-state index contributed by atoms with van der Waals surface area (Å²) >= 11 is 3.09. The average Bonchev–Trinajstić information content (AvgIpc) is 3.30. The summed E-state index contributed by atoms with van der Waals surface area (Å²) in [5, 5.41) is 7.92.